The Kier molecular flexibility index (Phi) is 5.10. The van der Waals surface area contributed by atoms with Gasteiger partial charge in [0.05, 0.1) is 14.2 Å². The van der Waals surface area contributed by atoms with Crippen LogP contribution in [0, 0.1) is 6.92 Å². The highest BCUT2D eigenvalue weighted by Gasteiger charge is 2.09. The smallest absolute Gasteiger partial charge is 0.235 e. The summed E-state index contributed by atoms with van der Waals surface area (Å²) in [5, 5.41) is 2.69. The zero-order valence-electron chi connectivity index (χ0n) is 10.2. The Bertz CT molecular complexity index is 407. The Labute approximate surface area is 106 Å². The number of benzene rings is 1. The minimum atomic E-state index is -0.215. The van der Waals surface area contributed by atoms with E-state index in [1.165, 1.54) is 0 Å². The van der Waals surface area contributed by atoms with Crippen LogP contribution in [0.1, 0.15) is 11.1 Å². The third kappa shape index (κ3) is 3.53. The second-order valence-electron chi connectivity index (χ2n) is 3.54. The van der Waals surface area contributed by atoms with Gasteiger partial charge in [-0.1, -0.05) is 0 Å². The standard InChI is InChI=1S/C12H16ClNO3/c1-8-4-11(17-3)9(5-10(8)16-2)7-14-12(15)6-13/h4-5H,6-7H2,1-3H3,(H,14,15). The first-order chi connectivity index (χ1) is 8.12. The van der Waals surface area contributed by atoms with Crippen molar-refractivity contribution in [2.75, 3.05) is 20.1 Å². The monoisotopic (exact) mass is 257 g/mol. The van der Waals surface area contributed by atoms with Crippen LogP contribution in [0.3, 0.4) is 0 Å². The second kappa shape index (κ2) is 6.35. The van der Waals surface area contributed by atoms with Crippen LogP contribution in [0.2, 0.25) is 0 Å². The number of rotatable bonds is 5. The number of carbonyl (C=O) groups is 1. The highest BCUT2D eigenvalue weighted by molar-refractivity contribution is 6.27. The molecule has 94 valence electrons. The summed E-state index contributed by atoms with van der Waals surface area (Å²) in [7, 11) is 3.20. The van der Waals surface area contributed by atoms with Gasteiger partial charge >= 0.3 is 0 Å². The van der Waals surface area contributed by atoms with Crippen LogP contribution in [0.4, 0.5) is 0 Å². The van der Waals surface area contributed by atoms with Crippen LogP contribution < -0.4 is 14.8 Å². The minimum Gasteiger partial charge on any atom is -0.496 e. The van der Waals surface area contributed by atoms with E-state index in [2.05, 4.69) is 5.32 Å². The molecule has 1 amide bonds. The molecule has 0 aromatic heterocycles. The second-order valence-corrected chi connectivity index (χ2v) is 3.81. The Morgan fingerprint density at radius 2 is 1.94 bits per heavy atom. The summed E-state index contributed by atoms with van der Waals surface area (Å²) < 4.78 is 10.5. The van der Waals surface area contributed by atoms with E-state index in [-0.39, 0.29) is 11.8 Å². The van der Waals surface area contributed by atoms with Crippen molar-refractivity contribution in [2.24, 2.45) is 0 Å². The minimum absolute atomic E-state index is 0.0503. The molecule has 0 spiro atoms. The SMILES string of the molecule is COc1cc(CNC(=O)CCl)c(OC)cc1C. The number of ether oxygens (including phenoxy) is 2. The number of carbonyl (C=O) groups excluding carboxylic acids is 1. The predicted molar refractivity (Wildman–Crippen MR) is 66.8 cm³/mol. The average molecular weight is 258 g/mol. The molecule has 0 unspecified atom stereocenters. The lowest BCUT2D eigenvalue weighted by atomic mass is 10.1. The van der Waals surface area contributed by atoms with Crippen LogP contribution in [-0.4, -0.2) is 26.0 Å². The molecule has 0 aliphatic heterocycles. The molecule has 0 heterocycles. The molecule has 0 bridgehead atoms. The molecule has 4 nitrogen and oxygen atoms in total. The molecule has 0 aliphatic rings. The van der Waals surface area contributed by atoms with Gasteiger partial charge in [-0.2, -0.15) is 0 Å². The van der Waals surface area contributed by atoms with Crippen LogP contribution in [0.5, 0.6) is 11.5 Å². The number of halogens is 1. The van der Waals surface area contributed by atoms with E-state index in [4.69, 9.17) is 21.1 Å². The molecule has 0 radical (unpaired) electrons. The van der Waals surface area contributed by atoms with Crippen molar-refractivity contribution in [1.82, 2.24) is 5.32 Å². The lowest BCUT2D eigenvalue weighted by Gasteiger charge is -2.13. The van der Waals surface area contributed by atoms with Crippen molar-refractivity contribution >= 4 is 17.5 Å². The Morgan fingerprint density at radius 1 is 1.29 bits per heavy atom. The molecule has 1 N–H and O–H groups in total. The van der Waals surface area contributed by atoms with Crippen LogP contribution in [-0.2, 0) is 11.3 Å². The largest absolute Gasteiger partial charge is 0.496 e. The van der Waals surface area contributed by atoms with Crippen molar-refractivity contribution in [3.8, 4) is 11.5 Å². The van der Waals surface area contributed by atoms with Crippen molar-refractivity contribution in [3.05, 3.63) is 23.3 Å². The molecule has 0 saturated carbocycles. The fraction of sp³-hybridized carbons (Fsp3) is 0.417. The van der Waals surface area contributed by atoms with Crippen LogP contribution in [0.25, 0.3) is 0 Å². The fourth-order valence-corrected chi connectivity index (χ4v) is 1.59. The van der Waals surface area contributed by atoms with E-state index in [0.29, 0.717) is 6.54 Å². The van der Waals surface area contributed by atoms with Gasteiger partial charge in [-0.25, -0.2) is 0 Å². The summed E-state index contributed by atoms with van der Waals surface area (Å²) in [5.41, 5.74) is 1.84. The summed E-state index contributed by atoms with van der Waals surface area (Å²) in [6.45, 7) is 2.30. The topological polar surface area (TPSA) is 47.6 Å². The maximum atomic E-state index is 11.1. The summed E-state index contributed by atoms with van der Waals surface area (Å²) in [4.78, 5) is 11.1. The maximum absolute atomic E-state index is 11.1. The fourth-order valence-electron chi connectivity index (χ4n) is 1.49. The number of aryl methyl sites for hydroxylation is 1. The van der Waals surface area contributed by atoms with Crippen molar-refractivity contribution < 1.29 is 14.3 Å². The van der Waals surface area contributed by atoms with Gasteiger partial charge in [-0.15, -0.1) is 11.6 Å². The highest BCUT2D eigenvalue weighted by Crippen LogP contribution is 2.28. The van der Waals surface area contributed by atoms with E-state index >= 15 is 0 Å². The number of alkyl halides is 1. The van der Waals surface area contributed by atoms with Gasteiger partial charge in [-0.3, -0.25) is 4.79 Å². The zero-order valence-corrected chi connectivity index (χ0v) is 10.9. The Morgan fingerprint density at radius 3 is 2.47 bits per heavy atom. The molecule has 5 heteroatoms. The van der Waals surface area contributed by atoms with Gasteiger partial charge < -0.3 is 14.8 Å². The van der Waals surface area contributed by atoms with E-state index in [1.807, 2.05) is 19.1 Å². The molecular formula is C12H16ClNO3. The molecule has 0 atom stereocenters. The molecule has 1 aromatic rings. The van der Waals surface area contributed by atoms with Crippen molar-refractivity contribution in [3.63, 3.8) is 0 Å². The average Bonchev–Trinajstić information content (AvgIpc) is 2.36. The van der Waals surface area contributed by atoms with Crippen molar-refractivity contribution in [2.45, 2.75) is 13.5 Å². The van der Waals surface area contributed by atoms with E-state index in [0.717, 1.165) is 22.6 Å². The number of nitrogens with one attached hydrogen (secondary N) is 1. The molecule has 1 rings (SSSR count). The predicted octanol–water partition coefficient (Wildman–Crippen LogP) is 1.87. The van der Waals surface area contributed by atoms with Gasteiger partial charge in [0.15, 0.2) is 0 Å². The Hall–Kier alpha value is -1.42. The van der Waals surface area contributed by atoms with Gasteiger partial charge in [0.25, 0.3) is 0 Å². The van der Waals surface area contributed by atoms with E-state index in [1.54, 1.807) is 14.2 Å². The first-order valence-electron chi connectivity index (χ1n) is 5.16. The first-order valence-corrected chi connectivity index (χ1v) is 5.70. The highest BCUT2D eigenvalue weighted by atomic mass is 35.5. The molecular weight excluding hydrogens is 242 g/mol. The molecule has 0 aliphatic carbocycles. The van der Waals surface area contributed by atoms with Gasteiger partial charge in [-0.05, 0) is 24.6 Å². The molecule has 17 heavy (non-hydrogen) atoms. The zero-order chi connectivity index (χ0) is 12.8. The quantitative estimate of drug-likeness (QED) is 0.820. The third-order valence-electron chi connectivity index (χ3n) is 2.40. The van der Waals surface area contributed by atoms with Crippen molar-refractivity contribution in [1.29, 1.82) is 0 Å². The lowest BCUT2D eigenvalue weighted by Crippen LogP contribution is -2.24. The normalized spacial score (nSPS) is 9.88. The Balaban J connectivity index is 2.92. The molecule has 0 fully saturated rings. The third-order valence-corrected chi connectivity index (χ3v) is 2.64. The summed E-state index contributed by atoms with van der Waals surface area (Å²) in [5.74, 6) is 1.22. The van der Waals surface area contributed by atoms with Gasteiger partial charge in [0.2, 0.25) is 5.91 Å². The number of amides is 1. The lowest BCUT2D eigenvalue weighted by molar-refractivity contribution is -0.118. The number of hydrogen-bond acceptors (Lipinski definition) is 3. The number of methoxy groups -OCH3 is 2. The summed E-state index contributed by atoms with van der Waals surface area (Å²) in [6.07, 6.45) is 0. The van der Waals surface area contributed by atoms with Gasteiger partial charge in [0.1, 0.15) is 17.4 Å². The van der Waals surface area contributed by atoms with Gasteiger partial charge in [0, 0.05) is 12.1 Å². The summed E-state index contributed by atoms with van der Waals surface area (Å²) >= 11 is 5.41. The molecule has 1 aromatic carbocycles. The van der Waals surface area contributed by atoms with E-state index < -0.39 is 0 Å². The van der Waals surface area contributed by atoms with E-state index in [9.17, 15) is 4.79 Å². The maximum Gasteiger partial charge on any atom is 0.235 e. The summed E-state index contributed by atoms with van der Waals surface area (Å²) in [6, 6.07) is 3.73. The molecule has 0 saturated heterocycles. The van der Waals surface area contributed by atoms with Crippen LogP contribution in [0.15, 0.2) is 12.1 Å². The number of hydrogen-bond donors (Lipinski definition) is 1. The first kappa shape index (κ1) is 13.6. The van der Waals surface area contributed by atoms with Crippen LogP contribution >= 0.6 is 11.6 Å².